The maximum Gasteiger partial charge on any atom is 0.146 e. The highest BCUT2D eigenvalue weighted by molar-refractivity contribution is 5.47. The molecule has 2 saturated heterocycles. The lowest BCUT2D eigenvalue weighted by atomic mass is 9.98. The van der Waals surface area contributed by atoms with E-state index in [2.05, 4.69) is 26.8 Å². The van der Waals surface area contributed by atoms with E-state index >= 15 is 0 Å². The summed E-state index contributed by atoms with van der Waals surface area (Å²) < 4.78 is 19.5. The predicted octanol–water partition coefficient (Wildman–Crippen LogP) is 3.37. The van der Waals surface area contributed by atoms with E-state index in [4.69, 9.17) is 4.74 Å². The largest absolute Gasteiger partial charge is 0.497 e. The Kier molecular flexibility index (Phi) is 7.43. The lowest BCUT2D eigenvalue weighted by molar-refractivity contribution is 0.0254. The first-order chi connectivity index (χ1) is 15.2. The summed E-state index contributed by atoms with van der Waals surface area (Å²) >= 11 is 0. The van der Waals surface area contributed by atoms with Crippen molar-refractivity contribution in [1.82, 2.24) is 9.80 Å². The molecule has 0 saturated carbocycles. The molecule has 0 radical (unpaired) electrons. The molecule has 0 aromatic heterocycles. The molecule has 6 heteroatoms. The van der Waals surface area contributed by atoms with E-state index < -0.39 is 0 Å². The number of piperidine rings is 1. The smallest absolute Gasteiger partial charge is 0.146 e. The topological polar surface area (TPSA) is 39.2 Å². The van der Waals surface area contributed by atoms with Crippen molar-refractivity contribution in [3.8, 4) is 5.75 Å². The molecule has 2 heterocycles. The van der Waals surface area contributed by atoms with Crippen LogP contribution in [0.1, 0.15) is 24.8 Å². The highest BCUT2D eigenvalue weighted by atomic mass is 19.1. The summed E-state index contributed by atoms with van der Waals surface area (Å²) in [6.45, 7) is 5.88. The van der Waals surface area contributed by atoms with Gasteiger partial charge in [0.05, 0.1) is 12.8 Å². The number of methoxy groups -OCH3 is 1. The second-order valence-electron chi connectivity index (χ2n) is 8.65. The number of ether oxygens (including phenoxy) is 1. The lowest BCUT2D eigenvalue weighted by Gasteiger charge is -2.47. The van der Waals surface area contributed by atoms with E-state index in [1.54, 1.807) is 19.2 Å². The normalized spacial score (nSPS) is 21.4. The molecule has 2 aliphatic rings. The van der Waals surface area contributed by atoms with Gasteiger partial charge in [-0.1, -0.05) is 24.3 Å². The number of aliphatic hydroxyl groups is 1. The highest BCUT2D eigenvalue weighted by Gasteiger charge is 2.32. The number of piperazine rings is 1. The van der Waals surface area contributed by atoms with Crippen molar-refractivity contribution in [3.63, 3.8) is 0 Å². The van der Waals surface area contributed by atoms with Crippen molar-refractivity contribution in [2.24, 2.45) is 0 Å². The molecule has 2 fully saturated rings. The first-order valence-electron chi connectivity index (χ1n) is 11.4. The number of halogens is 1. The van der Waals surface area contributed by atoms with Gasteiger partial charge in [-0.3, -0.25) is 9.80 Å². The summed E-state index contributed by atoms with van der Waals surface area (Å²) in [6, 6.07) is 16.2. The van der Waals surface area contributed by atoms with Gasteiger partial charge in [-0.15, -0.1) is 0 Å². The number of rotatable bonds is 7. The van der Waals surface area contributed by atoms with Crippen LogP contribution < -0.4 is 9.64 Å². The van der Waals surface area contributed by atoms with Crippen molar-refractivity contribution in [3.05, 3.63) is 59.9 Å². The zero-order chi connectivity index (χ0) is 21.6. The van der Waals surface area contributed by atoms with E-state index in [-0.39, 0.29) is 12.4 Å². The molecule has 0 spiro atoms. The molecule has 5 nitrogen and oxygen atoms in total. The Bertz CT molecular complexity index is 841. The number of hydrogen-bond acceptors (Lipinski definition) is 5. The number of benzene rings is 2. The molecule has 0 aliphatic carbocycles. The average Bonchev–Trinajstić information content (AvgIpc) is 2.81. The van der Waals surface area contributed by atoms with Crippen LogP contribution in [0, 0.1) is 5.82 Å². The van der Waals surface area contributed by atoms with Gasteiger partial charge in [-0.05, 0) is 49.1 Å². The third-order valence-corrected chi connectivity index (χ3v) is 6.79. The van der Waals surface area contributed by atoms with Crippen molar-refractivity contribution in [2.75, 3.05) is 51.3 Å². The van der Waals surface area contributed by atoms with E-state index in [1.807, 2.05) is 24.3 Å². The Morgan fingerprint density at radius 2 is 1.84 bits per heavy atom. The van der Waals surface area contributed by atoms with Crippen LogP contribution in [-0.2, 0) is 6.54 Å². The second-order valence-corrected chi connectivity index (χ2v) is 8.65. The van der Waals surface area contributed by atoms with Gasteiger partial charge in [-0.25, -0.2) is 4.39 Å². The molecule has 1 atom stereocenters. The number of para-hydroxylation sites is 1. The minimum atomic E-state index is -0.130. The number of anilines is 1. The SMILES string of the molecule is COc1cccc(CN2CCN(C3CCN(c4ccccc4F)CC3)C[C@@H]2CCO)c1. The fourth-order valence-corrected chi connectivity index (χ4v) is 5.07. The first-order valence-corrected chi connectivity index (χ1v) is 11.4. The van der Waals surface area contributed by atoms with Gasteiger partial charge in [0.1, 0.15) is 11.6 Å². The summed E-state index contributed by atoms with van der Waals surface area (Å²) in [5.74, 6) is 0.756. The quantitative estimate of drug-likeness (QED) is 0.734. The molecular weight excluding hydrogens is 393 g/mol. The number of nitrogens with zero attached hydrogens (tertiary/aromatic N) is 3. The monoisotopic (exact) mass is 427 g/mol. The molecule has 0 amide bonds. The maximum atomic E-state index is 14.1. The number of aliphatic hydroxyl groups excluding tert-OH is 1. The average molecular weight is 428 g/mol. The Balaban J connectivity index is 1.34. The fourth-order valence-electron chi connectivity index (χ4n) is 5.07. The molecule has 2 aromatic carbocycles. The highest BCUT2D eigenvalue weighted by Crippen LogP contribution is 2.27. The summed E-state index contributed by atoms with van der Waals surface area (Å²) in [7, 11) is 1.70. The van der Waals surface area contributed by atoms with Crippen LogP contribution in [0.3, 0.4) is 0 Å². The van der Waals surface area contributed by atoms with Crippen LogP contribution in [0.15, 0.2) is 48.5 Å². The molecular formula is C25H34FN3O2. The van der Waals surface area contributed by atoms with Gasteiger partial charge in [0.15, 0.2) is 0 Å². The minimum absolute atomic E-state index is 0.130. The lowest BCUT2D eigenvalue weighted by Crippen LogP contribution is -2.57. The van der Waals surface area contributed by atoms with Gasteiger partial charge in [0.2, 0.25) is 0 Å². The third-order valence-electron chi connectivity index (χ3n) is 6.79. The Labute approximate surface area is 185 Å². The second kappa shape index (κ2) is 10.4. The van der Waals surface area contributed by atoms with E-state index in [0.29, 0.717) is 12.1 Å². The molecule has 0 bridgehead atoms. The van der Waals surface area contributed by atoms with Crippen LogP contribution in [0.4, 0.5) is 10.1 Å². The van der Waals surface area contributed by atoms with E-state index in [9.17, 15) is 9.50 Å². The molecule has 31 heavy (non-hydrogen) atoms. The minimum Gasteiger partial charge on any atom is -0.497 e. The molecule has 1 N–H and O–H groups in total. The molecule has 4 rings (SSSR count). The van der Waals surface area contributed by atoms with Gasteiger partial charge in [-0.2, -0.15) is 0 Å². The van der Waals surface area contributed by atoms with Gasteiger partial charge in [0, 0.05) is 58.0 Å². The van der Waals surface area contributed by atoms with Gasteiger partial charge >= 0.3 is 0 Å². The molecule has 2 aromatic rings. The molecule has 168 valence electrons. The van der Waals surface area contributed by atoms with Gasteiger partial charge in [0.25, 0.3) is 0 Å². The van der Waals surface area contributed by atoms with Crippen molar-refractivity contribution >= 4 is 5.69 Å². The van der Waals surface area contributed by atoms with Crippen LogP contribution >= 0.6 is 0 Å². The van der Waals surface area contributed by atoms with Crippen LogP contribution in [0.5, 0.6) is 5.75 Å². The maximum absolute atomic E-state index is 14.1. The first kappa shape index (κ1) is 22.1. The third kappa shape index (κ3) is 5.37. The standard InChI is InChI=1S/C25H34FN3O2/c1-31-23-6-4-5-20(17-23)18-28-14-15-29(19-22(28)11-16-30)21-9-12-27(13-10-21)25-8-3-2-7-24(25)26/h2-8,17,21-22,30H,9-16,18-19H2,1H3/t22-/m0/s1. The zero-order valence-electron chi connectivity index (χ0n) is 18.4. The Morgan fingerprint density at radius 3 is 2.58 bits per heavy atom. The number of hydrogen-bond donors (Lipinski definition) is 1. The van der Waals surface area contributed by atoms with Gasteiger partial charge < -0.3 is 14.7 Å². The van der Waals surface area contributed by atoms with Crippen molar-refractivity contribution in [2.45, 2.75) is 37.9 Å². The Hall–Kier alpha value is -2.15. The van der Waals surface area contributed by atoms with Crippen molar-refractivity contribution in [1.29, 1.82) is 0 Å². The van der Waals surface area contributed by atoms with E-state index in [1.165, 1.54) is 5.56 Å². The zero-order valence-corrected chi connectivity index (χ0v) is 18.4. The van der Waals surface area contributed by atoms with Crippen LogP contribution in [0.2, 0.25) is 0 Å². The predicted molar refractivity (Wildman–Crippen MR) is 122 cm³/mol. The summed E-state index contributed by atoms with van der Waals surface area (Å²) in [5, 5.41) is 9.66. The van der Waals surface area contributed by atoms with Crippen molar-refractivity contribution < 1.29 is 14.2 Å². The van der Waals surface area contributed by atoms with Crippen LogP contribution in [-0.4, -0.2) is 73.4 Å². The fraction of sp³-hybridized carbons (Fsp3) is 0.520. The Morgan fingerprint density at radius 1 is 1.03 bits per heavy atom. The molecule has 0 unspecified atom stereocenters. The summed E-state index contributed by atoms with van der Waals surface area (Å²) in [5.41, 5.74) is 1.97. The summed E-state index contributed by atoms with van der Waals surface area (Å²) in [4.78, 5) is 7.27. The summed E-state index contributed by atoms with van der Waals surface area (Å²) in [6.07, 6.45) is 2.89. The van der Waals surface area contributed by atoms with E-state index in [0.717, 1.165) is 70.0 Å². The van der Waals surface area contributed by atoms with Crippen LogP contribution in [0.25, 0.3) is 0 Å². The molecule has 2 aliphatic heterocycles.